The van der Waals surface area contributed by atoms with Crippen LogP contribution in [0.1, 0.15) is 51.7 Å². The summed E-state index contributed by atoms with van der Waals surface area (Å²) in [6, 6.07) is 20.0. The van der Waals surface area contributed by atoms with Crippen molar-refractivity contribution in [3.8, 4) is 6.07 Å². The van der Waals surface area contributed by atoms with Crippen LogP contribution in [0.15, 0.2) is 70.6 Å². The van der Waals surface area contributed by atoms with E-state index >= 15 is 0 Å². The Balaban J connectivity index is 1.54. The number of hydrogen-bond acceptors (Lipinski definition) is 7. The fourth-order valence-corrected chi connectivity index (χ4v) is 6.99. The molecule has 2 heterocycles. The number of esters is 1. The fraction of sp³-hybridized carbons (Fsp3) is 0.233. The van der Waals surface area contributed by atoms with Gasteiger partial charge in [0.15, 0.2) is 0 Å². The van der Waals surface area contributed by atoms with E-state index in [4.69, 9.17) is 4.74 Å². The molecule has 0 fully saturated rings. The lowest BCUT2D eigenvalue weighted by Crippen LogP contribution is -2.22. The average molecular weight is 542 g/mol. The van der Waals surface area contributed by atoms with E-state index in [0.717, 1.165) is 58.6 Å². The van der Waals surface area contributed by atoms with E-state index in [1.54, 1.807) is 6.92 Å². The molecule has 0 saturated heterocycles. The Morgan fingerprint density at radius 2 is 1.82 bits per heavy atom. The van der Waals surface area contributed by atoms with Crippen molar-refractivity contribution < 1.29 is 14.3 Å². The van der Waals surface area contributed by atoms with Gasteiger partial charge in [-0.05, 0) is 62.8 Å². The molecule has 1 aliphatic carbocycles. The van der Waals surface area contributed by atoms with Crippen molar-refractivity contribution in [1.82, 2.24) is 0 Å². The summed E-state index contributed by atoms with van der Waals surface area (Å²) in [6.45, 7) is 4.05. The van der Waals surface area contributed by atoms with Gasteiger partial charge in [-0.25, -0.2) is 4.79 Å². The second-order valence-corrected chi connectivity index (χ2v) is 11.0. The van der Waals surface area contributed by atoms with Crippen molar-refractivity contribution >= 4 is 51.4 Å². The maximum atomic E-state index is 13.6. The molecular formula is C30H27N3O3S2. The lowest BCUT2D eigenvalue weighted by atomic mass is 9.95. The second kappa shape index (κ2) is 11.3. The number of thioether (sulfide) groups is 1. The van der Waals surface area contributed by atoms with E-state index in [-0.39, 0.29) is 12.2 Å². The molecule has 6 nitrogen and oxygen atoms in total. The predicted molar refractivity (Wildman–Crippen MR) is 154 cm³/mol. The molecule has 38 heavy (non-hydrogen) atoms. The molecule has 1 amide bonds. The molecule has 0 unspecified atom stereocenters. The first-order valence-corrected chi connectivity index (χ1v) is 14.3. The van der Waals surface area contributed by atoms with Crippen LogP contribution in [-0.2, 0) is 22.4 Å². The van der Waals surface area contributed by atoms with E-state index < -0.39 is 11.9 Å². The zero-order chi connectivity index (χ0) is 26.6. The normalized spacial score (nSPS) is 15.8. The highest BCUT2D eigenvalue weighted by atomic mass is 32.2. The summed E-state index contributed by atoms with van der Waals surface area (Å²) in [5.41, 5.74) is 5.24. The number of nitriles is 1. The number of anilines is 2. The molecule has 2 aromatic carbocycles. The van der Waals surface area contributed by atoms with Crippen molar-refractivity contribution in [3.63, 3.8) is 0 Å². The number of fused-ring (bicyclic) bond motifs is 1. The Labute approximate surface area is 230 Å². The van der Waals surface area contributed by atoms with Crippen molar-refractivity contribution in [2.45, 2.75) is 39.5 Å². The average Bonchev–Trinajstić information content (AvgIpc) is 3.52. The Morgan fingerprint density at radius 1 is 1.08 bits per heavy atom. The first kappa shape index (κ1) is 25.8. The molecule has 3 aromatic rings. The van der Waals surface area contributed by atoms with Crippen LogP contribution >= 0.6 is 23.1 Å². The Hall–Kier alpha value is -3.80. The minimum Gasteiger partial charge on any atom is -0.462 e. The number of nitrogens with zero attached hydrogens (tertiary/aromatic N) is 2. The lowest BCUT2D eigenvalue weighted by molar-refractivity contribution is -0.112. The number of thiophene rings is 1. The highest BCUT2D eigenvalue weighted by Crippen LogP contribution is 2.45. The van der Waals surface area contributed by atoms with E-state index in [9.17, 15) is 14.9 Å². The third-order valence-corrected chi connectivity index (χ3v) is 8.68. The van der Waals surface area contributed by atoms with Gasteiger partial charge in [0.25, 0.3) is 5.91 Å². The van der Waals surface area contributed by atoms with Crippen molar-refractivity contribution in [3.05, 3.63) is 97.7 Å². The van der Waals surface area contributed by atoms with E-state index in [1.165, 1.54) is 23.1 Å². The molecule has 0 atom stereocenters. The number of aryl methyl sites for hydroxylation is 2. The standard InChI is InChI=1S/C30H27N3O3S2/c1-3-36-30(35)26-22-11-7-8-12-25(22)38-28(26)32-27(34)23(17-31)29-33(21-9-5-4-6-10-21)24(18-37-29)20-15-13-19(2)14-16-20/h4-6,9-10,13-16,18H,3,7-8,11-12H2,1-2H3,(H,32,34)/b29-23-. The maximum Gasteiger partial charge on any atom is 0.341 e. The third kappa shape index (κ3) is 5.00. The third-order valence-electron chi connectivity index (χ3n) is 6.52. The molecule has 1 N–H and O–H groups in total. The number of carbonyl (C=O) groups is 2. The summed E-state index contributed by atoms with van der Waals surface area (Å²) >= 11 is 2.75. The first-order valence-electron chi connectivity index (χ1n) is 12.6. The van der Waals surface area contributed by atoms with Crippen molar-refractivity contribution in [2.75, 3.05) is 16.8 Å². The summed E-state index contributed by atoms with van der Waals surface area (Å²) in [6.07, 6.45) is 3.69. The maximum absolute atomic E-state index is 13.6. The van der Waals surface area contributed by atoms with Gasteiger partial charge in [-0.2, -0.15) is 5.26 Å². The van der Waals surface area contributed by atoms with E-state index in [1.807, 2.05) is 71.8 Å². The molecule has 0 saturated carbocycles. The molecule has 0 spiro atoms. The summed E-state index contributed by atoms with van der Waals surface area (Å²) in [5, 5.41) is 16.0. The van der Waals surface area contributed by atoms with E-state index in [2.05, 4.69) is 11.4 Å². The zero-order valence-corrected chi connectivity index (χ0v) is 22.9. The summed E-state index contributed by atoms with van der Waals surface area (Å²) in [7, 11) is 0. The fourth-order valence-electron chi connectivity index (χ4n) is 4.69. The van der Waals surface area contributed by atoms with Gasteiger partial charge in [-0.15, -0.1) is 11.3 Å². The smallest absolute Gasteiger partial charge is 0.341 e. The number of ether oxygens (including phenoxy) is 1. The molecule has 2 aliphatic rings. The van der Waals surface area contributed by atoms with Crippen LogP contribution in [-0.4, -0.2) is 18.5 Å². The molecule has 8 heteroatoms. The van der Waals surface area contributed by atoms with Gasteiger partial charge >= 0.3 is 5.97 Å². The van der Waals surface area contributed by atoms with Gasteiger partial charge in [-0.1, -0.05) is 59.8 Å². The van der Waals surface area contributed by atoms with Gasteiger partial charge in [-0.3, -0.25) is 4.79 Å². The molecule has 5 rings (SSSR count). The van der Waals surface area contributed by atoms with Crippen LogP contribution in [0.2, 0.25) is 0 Å². The van der Waals surface area contributed by atoms with Crippen LogP contribution < -0.4 is 10.2 Å². The largest absolute Gasteiger partial charge is 0.462 e. The molecular weight excluding hydrogens is 514 g/mol. The first-order chi connectivity index (χ1) is 18.5. The number of carbonyl (C=O) groups excluding carboxylic acids is 2. The monoisotopic (exact) mass is 541 g/mol. The van der Waals surface area contributed by atoms with Gasteiger partial charge in [0.1, 0.15) is 21.7 Å². The van der Waals surface area contributed by atoms with Gasteiger partial charge in [0.05, 0.1) is 17.9 Å². The minimum atomic E-state index is -0.543. The van der Waals surface area contributed by atoms with Gasteiger partial charge in [0, 0.05) is 16.0 Å². The number of rotatable bonds is 6. The van der Waals surface area contributed by atoms with Crippen molar-refractivity contribution in [2.24, 2.45) is 0 Å². The topological polar surface area (TPSA) is 82.4 Å². The van der Waals surface area contributed by atoms with Crippen molar-refractivity contribution in [1.29, 1.82) is 5.26 Å². The van der Waals surface area contributed by atoms with Crippen LogP contribution in [0.4, 0.5) is 10.7 Å². The highest BCUT2D eigenvalue weighted by molar-refractivity contribution is 8.06. The summed E-state index contributed by atoms with van der Waals surface area (Å²) in [4.78, 5) is 29.6. The number of benzene rings is 2. The lowest BCUT2D eigenvalue weighted by Gasteiger charge is -2.24. The number of nitrogens with one attached hydrogen (secondary N) is 1. The van der Waals surface area contributed by atoms with Crippen LogP contribution in [0.3, 0.4) is 0 Å². The molecule has 192 valence electrons. The quantitative estimate of drug-likeness (QED) is 0.205. The number of hydrogen-bond donors (Lipinski definition) is 1. The SMILES string of the molecule is CCOC(=O)c1c(NC(=O)/C(C#N)=C2\SC=C(c3ccc(C)cc3)N2c2ccccc2)sc2c1CCCC2. The van der Waals surface area contributed by atoms with Gasteiger partial charge in [0.2, 0.25) is 0 Å². The number of para-hydroxylation sites is 1. The molecule has 1 aliphatic heterocycles. The zero-order valence-electron chi connectivity index (χ0n) is 21.2. The highest BCUT2D eigenvalue weighted by Gasteiger charge is 2.32. The predicted octanol–water partition coefficient (Wildman–Crippen LogP) is 7.04. The van der Waals surface area contributed by atoms with Crippen LogP contribution in [0, 0.1) is 18.3 Å². The Bertz CT molecular complexity index is 1480. The molecule has 0 bridgehead atoms. The Morgan fingerprint density at radius 3 is 2.53 bits per heavy atom. The molecule has 0 radical (unpaired) electrons. The Kier molecular flexibility index (Phi) is 7.68. The van der Waals surface area contributed by atoms with Gasteiger partial charge < -0.3 is 15.0 Å². The van der Waals surface area contributed by atoms with E-state index in [0.29, 0.717) is 15.6 Å². The van der Waals surface area contributed by atoms with Crippen LogP contribution in [0.5, 0.6) is 0 Å². The summed E-state index contributed by atoms with van der Waals surface area (Å²) < 4.78 is 5.33. The number of amides is 1. The molecule has 1 aromatic heterocycles. The second-order valence-electron chi connectivity index (χ2n) is 9.04. The minimum absolute atomic E-state index is 0.0154. The van der Waals surface area contributed by atoms with Crippen LogP contribution in [0.25, 0.3) is 5.70 Å². The summed E-state index contributed by atoms with van der Waals surface area (Å²) in [5.74, 6) is -0.975.